The number of aldehydes is 1. The number of rotatable bonds is 2. The van der Waals surface area contributed by atoms with Crippen LogP contribution in [0.25, 0.3) is 0 Å². The quantitative estimate of drug-likeness (QED) is 0.717. The fourth-order valence-electron chi connectivity index (χ4n) is 1.89. The highest BCUT2D eigenvalue weighted by atomic mass is 19.1. The Balaban J connectivity index is 2.22. The Labute approximate surface area is 93.8 Å². The second kappa shape index (κ2) is 4.61. The van der Waals surface area contributed by atoms with E-state index in [2.05, 4.69) is 0 Å². The molecule has 1 aromatic rings. The number of morpholine rings is 1. The van der Waals surface area contributed by atoms with Gasteiger partial charge in [0.15, 0.2) is 0 Å². The molecule has 1 fully saturated rings. The molecule has 0 amide bonds. The van der Waals surface area contributed by atoms with Gasteiger partial charge in [0, 0.05) is 18.7 Å². The molecule has 0 spiro atoms. The van der Waals surface area contributed by atoms with Crippen molar-refractivity contribution in [2.45, 2.75) is 13.0 Å². The van der Waals surface area contributed by atoms with E-state index in [0.717, 1.165) is 0 Å². The van der Waals surface area contributed by atoms with Crippen LogP contribution in [0.5, 0.6) is 0 Å². The van der Waals surface area contributed by atoms with Crippen molar-refractivity contribution in [3.8, 4) is 0 Å². The topological polar surface area (TPSA) is 29.5 Å². The molecular weight excluding hydrogens is 209 g/mol. The van der Waals surface area contributed by atoms with Gasteiger partial charge in [0.1, 0.15) is 12.1 Å². The van der Waals surface area contributed by atoms with Gasteiger partial charge in [-0.25, -0.2) is 4.39 Å². The first-order valence-electron chi connectivity index (χ1n) is 5.32. The van der Waals surface area contributed by atoms with Gasteiger partial charge in [-0.1, -0.05) is 0 Å². The molecule has 4 heteroatoms. The molecule has 2 rings (SSSR count). The van der Waals surface area contributed by atoms with Crippen molar-refractivity contribution in [3.63, 3.8) is 0 Å². The molecule has 0 bridgehead atoms. The number of halogens is 1. The van der Waals surface area contributed by atoms with Gasteiger partial charge in [0.25, 0.3) is 0 Å². The number of anilines is 1. The van der Waals surface area contributed by atoms with Gasteiger partial charge < -0.3 is 9.64 Å². The van der Waals surface area contributed by atoms with Crippen molar-refractivity contribution in [3.05, 3.63) is 29.6 Å². The average Bonchev–Trinajstić information content (AvgIpc) is 2.28. The Hall–Kier alpha value is -1.42. The minimum atomic E-state index is -0.348. The number of ether oxygens (including phenoxy) is 1. The molecule has 3 nitrogen and oxygen atoms in total. The number of benzene rings is 1. The number of hydrogen-bond acceptors (Lipinski definition) is 3. The van der Waals surface area contributed by atoms with E-state index in [-0.39, 0.29) is 11.9 Å². The maximum absolute atomic E-state index is 13.7. The van der Waals surface area contributed by atoms with Gasteiger partial charge in [-0.15, -0.1) is 0 Å². The van der Waals surface area contributed by atoms with E-state index < -0.39 is 0 Å². The molecule has 1 aromatic carbocycles. The van der Waals surface area contributed by atoms with Crippen LogP contribution in [-0.2, 0) is 4.74 Å². The molecule has 0 aromatic heterocycles. The van der Waals surface area contributed by atoms with Crippen LogP contribution >= 0.6 is 0 Å². The van der Waals surface area contributed by atoms with E-state index >= 15 is 0 Å². The maximum Gasteiger partial charge on any atom is 0.150 e. The molecule has 1 heterocycles. The van der Waals surface area contributed by atoms with E-state index in [1.165, 1.54) is 6.07 Å². The van der Waals surface area contributed by atoms with Crippen molar-refractivity contribution >= 4 is 12.0 Å². The highest BCUT2D eigenvalue weighted by Gasteiger charge is 2.19. The molecule has 1 unspecified atom stereocenters. The number of nitrogens with zero attached hydrogens (tertiary/aromatic N) is 1. The predicted octanol–water partition coefficient (Wildman–Crippen LogP) is 1.86. The SMILES string of the molecule is CC1CN(c2ccc(C=O)cc2F)CCO1. The Morgan fingerprint density at radius 2 is 2.38 bits per heavy atom. The van der Waals surface area contributed by atoms with Crippen LogP contribution in [0.1, 0.15) is 17.3 Å². The van der Waals surface area contributed by atoms with Crippen molar-refractivity contribution in [2.24, 2.45) is 0 Å². The molecule has 0 saturated carbocycles. The Bertz CT molecular complexity index is 395. The third-order valence-corrected chi connectivity index (χ3v) is 2.69. The molecule has 1 aliphatic rings. The summed E-state index contributed by atoms with van der Waals surface area (Å²) in [7, 11) is 0. The number of carbonyl (C=O) groups excluding carboxylic acids is 1. The summed E-state index contributed by atoms with van der Waals surface area (Å²) >= 11 is 0. The summed E-state index contributed by atoms with van der Waals surface area (Å²) in [6.07, 6.45) is 0.758. The lowest BCUT2D eigenvalue weighted by molar-refractivity contribution is 0.0530. The molecule has 1 atom stereocenters. The second-order valence-corrected chi connectivity index (χ2v) is 3.96. The number of carbonyl (C=O) groups is 1. The minimum absolute atomic E-state index is 0.110. The van der Waals surface area contributed by atoms with Gasteiger partial charge in [0.2, 0.25) is 0 Å². The van der Waals surface area contributed by atoms with E-state index in [1.807, 2.05) is 11.8 Å². The molecule has 0 N–H and O–H groups in total. The van der Waals surface area contributed by atoms with Crippen molar-refractivity contribution in [1.82, 2.24) is 0 Å². The van der Waals surface area contributed by atoms with Gasteiger partial charge >= 0.3 is 0 Å². The zero-order valence-electron chi connectivity index (χ0n) is 9.15. The van der Waals surface area contributed by atoms with Crippen LogP contribution in [0.15, 0.2) is 18.2 Å². The van der Waals surface area contributed by atoms with E-state index in [0.29, 0.717) is 37.2 Å². The summed E-state index contributed by atoms with van der Waals surface area (Å²) in [5.74, 6) is -0.348. The lowest BCUT2D eigenvalue weighted by Crippen LogP contribution is -2.41. The lowest BCUT2D eigenvalue weighted by atomic mass is 10.2. The van der Waals surface area contributed by atoms with E-state index in [1.54, 1.807) is 12.1 Å². The third kappa shape index (κ3) is 2.22. The Morgan fingerprint density at radius 3 is 3.00 bits per heavy atom. The van der Waals surface area contributed by atoms with Crippen LogP contribution in [-0.4, -0.2) is 32.1 Å². The summed E-state index contributed by atoms with van der Waals surface area (Å²) in [6.45, 7) is 3.93. The van der Waals surface area contributed by atoms with Gasteiger partial charge in [-0.05, 0) is 25.1 Å². The van der Waals surface area contributed by atoms with Crippen LogP contribution < -0.4 is 4.90 Å². The van der Waals surface area contributed by atoms with E-state index in [9.17, 15) is 9.18 Å². The molecule has 0 radical (unpaired) electrons. The standard InChI is InChI=1S/C12H14FNO2/c1-9-7-14(4-5-16-9)12-3-2-10(8-15)6-11(12)13/h2-3,6,8-9H,4-5,7H2,1H3. The third-order valence-electron chi connectivity index (χ3n) is 2.69. The van der Waals surface area contributed by atoms with Crippen molar-refractivity contribution in [1.29, 1.82) is 0 Å². The first kappa shape index (κ1) is 11.1. The second-order valence-electron chi connectivity index (χ2n) is 3.96. The highest BCUT2D eigenvalue weighted by Crippen LogP contribution is 2.22. The summed E-state index contributed by atoms with van der Waals surface area (Å²) < 4.78 is 19.1. The molecule has 1 saturated heterocycles. The highest BCUT2D eigenvalue weighted by molar-refractivity contribution is 5.76. The molecular formula is C12H14FNO2. The zero-order chi connectivity index (χ0) is 11.5. The molecule has 16 heavy (non-hydrogen) atoms. The Kier molecular flexibility index (Phi) is 3.19. The fourth-order valence-corrected chi connectivity index (χ4v) is 1.89. The van der Waals surface area contributed by atoms with E-state index in [4.69, 9.17) is 4.74 Å². The summed E-state index contributed by atoms with van der Waals surface area (Å²) in [6, 6.07) is 4.55. The molecule has 1 aliphatic heterocycles. The van der Waals surface area contributed by atoms with Crippen LogP contribution in [0.2, 0.25) is 0 Å². The minimum Gasteiger partial charge on any atom is -0.375 e. The smallest absolute Gasteiger partial charge is 0.150 e. The predicted molar refractivity (Wildman–Crippen MR) is 59.4 cm³/mol. The fraction of sp³-hybridized carbons (Fsp3) is 0.417. The first-order chi connectivity index (χ1) is 7.70. The van der Waals surface area contributed by atoms with Crippen molar-refractivity contribution < 1.29 is 13.9 Å². The van der Waals surface area contributed by atoms with Gasteiger partial charge in [-0.2, -0.15) is 0 Å². The number of hydrogen-bond donors (Lipinski definition) is 0. The normalized spacial score (nSPS) is 20.9. The van der Waals surface area contributed by atoms with Crippen molar-refractivity contribution in [2.75, 3.05) is 24.6 Å². The van der Waals surface area contributed by atoms with Gasteiger partial charge in [-0.3, -0.25) is 4.79 Å². The lowest BCUT2D eigenvalue weighted by Gasteiger charge is -2.33. The molecule has 86 valence electrons. The monoisotopic (exact) mass is 223 g/mol. The maximum atomic E-state index is 13.7. The van der Waals surface area contributed by atoms with Crippen LogP contribution in [0.3, 0.4) is 0 Å². The largest absolute Gasteiger partial charge is 0.375 e. The van der Waals surface area contributed by atoms with Gasteiger partial charge in [0.05, 0.1) is 18.4 Å². The van der Waals surface area contributed by atoms with Crippen LogP contribution in [0, 0.1) is 5.82 Å². The summed E-state index contributed by atoms with van der Waals surface area (Å²) in [4.78, 5) is 12.4. The average molecular weight is 223 g/mol. The molecule has 0 aliphatic carbocycles. The summed E-state index contributed by atoms with van der Waals surface area (Å²) in [5, 5.41) is 0. The first-order valence-corrected chi connectivity index (χ1v) is 5.32. The Morgan fingerprint density at radius 1 is 1.56 bits per heavy atom. The zero-order valence-corrected chi connectivity index (χ0v) is 9.15. The summed E-state index contributed by atoms with van der Waals surface area (Å²) in [5.41, 5.74) is 0.906. The van der Waals surface area contributed by atoms with Crippen LogP contribution in [0.4, 0.5) is 10.1 Å².